The normalized spacial score (nSPS) is 13.7. The lowest BCUT2D eigenvalue weighted by atomic mass is 10.2. The number of anilines is 1. The van der Waals surface area contributed by atoms with Crippen molar-refractivity contribution in [2.45, 2.75) is 64.5 Å². The summed E-state index contributed by atoms with van der Waals surface area (Å²) >= 11 is 1.67. The number of thioether (sulfide) groups is 1. The average molecular weight is 381 g/mol. The van der Waals surface area contributed by atoms with E-state index in [1.807, 2.05) is 58.9 Å². The van der Waals surface area contributed by atoms with Crippen LogP contribution in [0.2, 0.25) is 0 Å². The van der Waals surface area contributed by atoms with E-state index in [4.69, 9.17) is 16.3 Å². The minimum absolute atomic E-state index is 0.149. The number of benzene rings is 1. The van der Waals surface area contributed by atoms with Gasteiger partial charge in [-0.1, -0.05) is 18.7 Å². The Hall–Kier alpha value is -1.86. The summed E-state index contributed by atoms with van der Waals surface area (Å²) in [6.07, 6.45) is 0.426. The number of nitrogen functional groups attached to an aromatic ring is 1. The molecule has 0 radical (unpaired) electrons. The zero-order valence-electron chi connectivity index (χ0n) is 16.6. The van der Waals surface area contributed by atoms with E-state index < -0.39 is 11.7 Å². The van der Waals surface area contributed by atoms with Gasteiger partial charge in [0.25, 0.3) is 0 Å². The molecule has 0 aromatic heterocycles. The largest absolute Gasteiger partial charge is 0.444 e. The first kappa shape index (κ1) is 22.2. The SMILES string of the molecule is CC/C(Sc1ccc(N)cc1)=C(/C)N(N)C[C@H](C)NC(=O)OC(C)(C)C. The second-order valence-corrected chi connectivity index (χ2v) is 8.40. The van der Waals surface area contributed by atoms with Crippen molar-refractivity contribution in [3.05, 3.63) is 34.9 Å². The molecule has 1 rings (SSSR count). The number of rotatable bonds is 7. The number of carbonyl (C=O) groups excluding carboxylic acids is 1. The highest BCUT2D eigenvalue weighted by Crippen LogP contribution is 2.32. The molecule has 26 heavy (non-hydrogen) atoms. The van der Waals surface area contributed by atoms with Gasteiger partial charge in [-0.25, -0.2) is 10.6 Å². The van der Waals surface area contributed by atoms with Crippen LogP contribution in [0.5, 0.6) is 0 Å². The van der Waals surface area contributed by atoms with Crippen LogP contribution in [0.4, 0.5) is 10.5 Å². The van der Waals surface area contributed by atoms with Crippen molar-refractivity contribution < 1.29 is 9.53 Å². The molecule has 0 unspecified atom stereocenters. The van der Waals surface area contributed by atoms with Gasteiger partial charge in [-0.2, -0.15) is 0 Å². The van der Waals surface area contributed by atoms with Crippen LogP contribution in [0.15, 0.2) is 39.8 Å². The third kappa shape index (κ3) is 8.01. The standard InChI is InChI=1S/C19H32N4O2S/c1-7-17(26-16-10-8-15(20)9-11-16)14(3)23(21)12-13(2)22-18(24)25-19(4,5)6/h8-11,13H,7,12,20-21H2,1-6H3,(H,22,24)/b17-14+/t13-/m0/s1. The lowest BCUT2D eigenvalue weighted by Crippen LogP contribution is -2.45. The molecular weight excluding hydrogens is 348 g/mol. The summed E-state index contributed by atoms with van der Waals surface area (Å²) < 4.78 is 5.27. The fourth-order valence-electron chi connectivity index (χ4n) is 2.23. The summed E-state index contributed by atoms with van der Waals surface area (Å²) in [7, 11) is 0. The van der Waals surface area contributed by atoms with Gasteiger partial charge >= 0.3 is 6.09 Å². The molecule has 0 saturated heterocycles. The van der Waals surface area contributed by atoms with Gasteiger partial charge in [-0.05, 0) is 65.3 Å². The van der Waals surface area contributed by atoms with Gasteiger partial charge < -0.3 is 20.8 Å². The van der Waals surface area contributed by atoms with E-state index in [-0.39, 0.29) is 6.04 Å². The third-order valence-electron chi connectivity index (χ3n) is 3.51. The fraction of sp³-hybridized carbons (Fsp3) is 0.526. The maximum Gasteiger partial charge on any atom is 0.407 e. The van der Waals surface area contributed by atoms with Gasteiger partial charge in [0.2, 0.25) is 0 Å². The lowest BCUT2D eigenvalue weighted by Gasteiger charge is -2.27. The summed E-state index contributed by atoms with van der Waals surface area (Å²) in [6.45, 7) is 12.0. The Morgan fingerprint density at radius 3 is 2.38 bits per heavy atom. The van der Waals surface area contributed by atoms with Crippen LogP contribution < -0.4 is 16.9 Å². The van der Waals surface area contributed by atoms with Gasteiger partial charge in [-0.3, -0.25) is 0 Å². The number of amides is 1. The molecule has 1 atom stereocenters. The molecule has 6 nitrogen and oxygen atoms in total. The molecule has 1 aromatic carbocycles. The van der Waals surface area contributed by atoms with Gasteiger partial charge in [0.1, 0.15) is 5.60 Å². The Morgan fingerprint density at radius 1 is 1.31 bits per heavy atom. The first-order valence-corrected chi connectivity index (χ1v) is 9.58. The predicted octanol–water partition coefficient (Wildman–Crippen LogP) is 4.09. The van der Waals surface area contributed by atoms with Crippen molar-refractivity contribution >= 4 is 23.5 Å². The molecule has 1 amide bonds. The molecule has 0 aliphatic rings. The molecule has 1 aromatic rings. The number of hydrogen-bond donors (Lipinski definition) is 3. The van der Waals surface area contributed by atoms with Gasteiger partial charge in [0.05, 0.1) is 6.54 Å². The van der Waals surface area contributed by atoms with E-state index in [0.717, 1.165) is 22.7 Å². The fourth-order valence-corrected chi connectivity index (χ4v) is 3.19. The lowest BCUT2D eigenvalue weighted by molar-refractivity contribution is 0.0500. The Kier molecular flexibility index (Phi) is 8.30. The molecule has 0 aliphatic heterocycles. The third-order valence-corrected chi connectivity index (χ3v) is 4.85. The molecule has 0 fully saturated rings. The first-order chi connectivity index (χ1) is 12.0. The number of allylic oxidation sites excluding steroid dienone is 2. The first-order valence-electron chi connectivity index (χ1n) is 8.76. The summed E-state index contributed by atoms with van der Waals surface area (Å²) in [5.41, 5.74) is 6.94. The summed E-state index contributed by atoms with van der Waals surface area (Å²) in [6, 6.07) is 7.62. The Labute approximate surface area is 161 Å². The summed E-state index contributed by atoms with van der Waals surface area (Å²) in [5.74, 6) is 6.23. The Bertz CT molecular complexity index is 623. The summed E-state index contributed by atoms with van der Waals surface area (Å²) in [5, 5.41) is 4.48. The van der Waals surface area contributed by atoms with Crippen molar-refractivity contribution in [2.75, 3.05) is 12.3 Å². The molecule has 0 spiro atoms. The molecule has 5 N–H and O–H groups in total. The minimum Gasteiger partial charge on any atom is -0.444 e. The van der Waals surface area contributed by atoms with Gasteiger partial charge in [-0.15, -0.1) is 0 Å². The van der Waals surface area contributed by atoms with E-state index in [1.165, 1.54) is 4.91 Å². The van der Waals surface area contributed by atoms with Crippen LogP contribution in [0, 0.1) is 0 Å². The zero-order chi connectivity index (χ0) is 19.9. The minimum atomic E-state index is -0.521. The van der Waals surface area contributed by atoms with Crippen LogP contribution in [0.1, 0.15) is 48.0 Å². The van der Waals surface area contributed by atoms with Crippen LogP contribution in [0.3, 0.4) is 0 Å². The van der Waals surface area contributed by atoms with Crippen LogP contribution >= 0.6 is 11.8 Å². The maximum atomic E-state index is 11.9. The molecule has 0 saturated carbocycles. The van der Waals surface area contributed by atoms with E-state index in [2.05, 4.69) is 12.2 Å². The smallest absolute Gasteiger partial charge is 0.407 e. The number of nitrogens with two attached hydrogens (primary N) is 2. The number of carbonyl (C=O) groups is 1. The highest BCUT2D eigenvalue weighted by Gasteiger charge is 2.19. The second-order valence-electron chi connectivity index (χ2n) is 7.23. The van der Waals surface area contributed by atoms with Crippen molar-refractivity contribution in [3.8, 4) is 0 Å². The summed E-state index contributed by atoms with van der Waals surface area (Å²) in [4.78, 5) is 14.1. The quantitative estimate of drug-likeness (QED) is 0.285. The Morgan fingerprint density at radius 2 is 1.88 bits per heavy atom. The number of hydrogen-bond acceptors (Lipinski definition) is 6. The molecular formula is C19H32N4O2S. The van der Waals surface area contributed by atoms with Crippen molar-refractivity contribution in [2.24, 2.45) is 5.84 Å². The topological polar surface area (TPSA) is 93.6 Å². The van der Waals surface area contributed by atoms with Crippen LogP contribution in [0.25, 0.3) is 0 Å². The molecule has 0 aliphatic carbocycles. The van der Waals surface area contributed by atoms with E-state index in [0.29, 0.717) is 6.54 Å². The van der Waals surface area contributed by atoms with E-state index >= 15 is 0 Å². The number of nitrogens with zero attached hydrogens (tertiary/aromatic N) is 1. The van der Waals surface area contributed by atoms with E-state index in [1.54, 1.807) is 16.8 Å². The molecule has 146 valence electrons. The average Bonchev–Trinajstić information content (AvgIpc) is 2.51. The second kappa shape index (κ2) is 9.73. The van der Waals surface area contributed by atoms with Crippen LogP contribution in [-0.2, 0) is 4.74 Å². The molecule has 7 heteroatoms. The monoisotopic (exact) mass is 380 g/mol. The van der Waals surface area contributed by atoms with Crippen LogP contribution in [-0.4, -0.2) is 29.3 Å². The number of hydrazine groups is 1. The molecule has 0 bridgehead atoms. The zero-order valence-corrected chi connectivity index (χ0v) is 17.4. The Balaban J connectivity index is 2.69. The van der Waals surface area contributed by atoms with Crippen molar-refractivity contribution in [3.63, 3.8) is 0 Å². The number of ether oxygens (including phenoxy) is 1. The highest BCUT2D eigenvalue weighted by atomic mass is 32.2. The predicted molar refractivity (Wildman–Crippen MR) is 109 cm³/mol. The number of alkyl carbamates (subject to hydrolysis) is 1. The maximum absolute atomic E-state index is 11.9. The van der Waals surface area contributed by atoms with Crippen molar-refractivity contribution in [1.82, 2.24) is 10.3 Å². The van der Waals surface area contributed by atoms with Gasteiger partial charge in [0, 0.05) is 27.2 Å². The van der Waals surface area contributed by atoms with Gasteiger partial charge in [0.15, 0.2) is 0 Å². The van der Waals surface area contributed by atoms with E-state index in [9.17, 15) is 4.79 Å². The highest BCUT2D eigenvalue weighted by molar-refractivity contribution is 8.03. The van der Waals surface area contributed by atoms with Crippen molar-refractivity contribution in [1.29, 1.82) is 0 Å². The molecule has 0 heterocycles. The number of nitrogens with one attached hydrogen (secondary N) is 1.